The molecule has 2 rings (SSSR count). The van der Waals surface area contributed by atoms with Crippen LogP contribution in [0.1, 0.15) is 30.1 Å². The molecule has 0 bridgehead atoms. The van der Waals surface area contributed by atoms with E-state index < -0.39 is 0 Å². The quantitative estimate of drug-likeness (QED) is 0.813. The number of nitrogen functional groups attached to an aromatic ring is 1. The van der Waals surface area contributed by atoms with Gasteiger partial charge in [-0.2, -0.15) is 0 Å². The van der Waals surface area contributed by atoms with Crippen molar-refractivity contribution in [2.24, 2.45) is 0 Å². The van der Waals surface area contributed by atoms with Gasteiger partial charge in [0.1, 0.15) is 0 Å². The SMILES string of the molecule is COC1CCN(C(=O)c2ccccc2N)C(C)C1. The zero-order chi connectivity index (χ0) is 13.1. The van der Waals surface area contributed by atoms with Crippen LogP contribution in [0.2, 0.25) is 0 Å². The molecule has 1 aliphatic rings. The Morgan fingerprint density at radius 2 is 2.17 bits per heavy atom. The Morgan fingerprint density at radius 1 is 1.44 bits per heavy atom. The van der Waals surface area contributed by atoms with E-state index in [1.54, 1.807) is 19.2 Å². The zero-order valence-corrected chi connectivity index (χ0v) is 10.9. The maximum Gasteiger partial charge on any atom is 0.256 e. The molecule has 0 saturated carbocycles. The van der Waals surface area contributed by atoms with Crippen LogP contribution >= 0.6 is 0 Å². The molecule has 0 aromatic heterocycles. The molecule has 2 atom stereocenters. The monoisotopic (exact) mass is 248 g/mol. The number of carbonyl (C=O) groups is 1. The number of ether oxygens (including phenoxy) is 1. The lowest BCUT2D eigenvalue weighted by atomic mass is 9.99. The Bertz CT molecular complexity index is 434. The third-order valence-corrected chi connectivity index (χ3v) is 3.61. The second-order valence-electron chi connectivity index (χ2n) is 4.82. The fourth-order valence-corrected chi connectivity index (χ4v) is 2.49. The number of piperidine rings is 1. The Balaban J connectivity index is 2.13. The van der Waals surface area contributed by atoms with Crippen molar-refractivity contribution in [1.29, 1.82) is 0 Å². The number of nitrogens with two attached hydrogens (primary N) is 1. The van der Waals surface area contributed by atoms with E-state index in [-0.39, 0.29) is 18.1 Å². The average molecular weight is 248 g/mol. The molecule has 4 nitrogen and oxygen atoms in total. The lowest BCUT2D eigenvalue weighted by molar-refractivity contribution is 0.0160. The van der Waals surface area contributed by atoms with Gasteiger partial charge in [-0.15, -0.1) is 0 Å². The van der Waals surface area contributed by atoms with Crippen LogP contribution in [0.3, 0.4) is 0 Å². The van der Waals surface area contributed by atoms with Gasteiger partial charge in [0.2, 0.25) is 0 Å². The van der Waals surface area contributed by atoms with E-state index in [0.717, 1.165) is 19.4 Å². The molecule has 1 aromatic rings. The topological polar surface area (TPSA) is 55.6 Å². The molecule has 2 unspecified atom stereocenters. The third-order valence-electron chi connectivity index (χ3n) is 3.61. The summed E-state index contributed by atoms with van der Waals surface area (Å²) in [5, 5.41) is 0. The van der Waals surface area contributed by atoms with Crippen molar-refractivity contribution >= 4 is 11.6 Å². The van der Waals surface area contributed by atoms with Crippen molar-refractivity contribution in [3.05, 3.63) is 29.8 Å². The van der Waals surface area contributed by atoms with Gasteiger partial charge in [-0.05, 0) is 31.9 Å². The molecule has 98 valence electrons. The summed E-state index contributed by atoms with van der Waals surface area (Å²) in [4.78, 5) is 14.3. The van der Waals surface area contributed by atoms with Gasteiger partial charge >= 0.3 is 0 Å². The van der Waals surface area contributed by atoms with E-state index >= 15 is 0 Å². The van der Waals surface area contributed by atoms with Crippen molar-refractivity contribution in [1.82, 2.24) is 4.90 Å². The molecule has 0 radical (unpaired) electrons. The number of nitrogens with zero attached hydrogens (tertiary/aromatic N) is 1. The summed E-state index contributed by atoms with van der Waals surface area (Å²) in [6.07, 6.45) is 2.03. The molecule has 0 aliphatic carbocycles. The minimum Gasteiger partial charge on any atom is -0.398 e. The van der Waals surface area contributed by atoms with Gasteiger partial charge in [0, 0.05) is 25.4 Å². The summed E-state index contributed by atoms with van der Waals surface area (Å²) < 4.78 is 5.36. The van der Waals surface area contributed by atoms with Gasteiger partial charge in [0.15, 0.2) is 0 Å². The van der Waals surface area contributed by atoms with Crippen LogP contribution < -0.4 is 5.73 Å². The second kappa shape index (κ2) is 5.40. The average Bonchev–Trinajstić information content (AvgIpc) is 2.38. The van der Waals surface area contributed by atoms with Crippen LogP contribution in [0.4, 0.5) is 5.69 Å². The highest BCUT2D eigenvalue weighted by Crippen LogP contribution is 2.23. The summed E-state index contributed by atoms with van der Waals surface area (Å²) in [6.45, 7) is 2.79. The van der Waals surface area contributed by atoms with Crippen LogP contribution in [0.5, 0.6) is 0 Å². The smallest absolute Gasteiger partial charge is 0.256 e. The zero-order valence-electron chi connectivity index (χ0n) is 10.9. The lowest BCUT2D eigenvalue weighted by Gasteiger charge is -2.37. The Labute approximate surface area is 108 Å². The first kappa shape index (κ1) is 12.9. The first-order valence-corrected chi connectivity index (χ1v) is 6.31. The number of hydrogen-bond donors (Lipinski definition) is 1. The Morgan fingerprint density at radius 3 is 2.78 bits per heavy atom. The molecular weight excluding hydrogens is 228 g/mol. The number of benzene rings is 1. The number of methoxy groups -OCH3 is 1. The molecular formula is C14H20N2O2. The van der Waals surface area contributed by atoms with Gasteiger partial charge in [0.25, 0.3) is 5.91 Å². The molecule has 1 saturated heterocycles. The molecule has 1 aliphatic heterocycles. The lowest BCUT2D eigenvalue weighted by Crippen LogP contribution is -2.46. The first-order valence-electron chi connectivity index (χ1n) is 6.31. The van der Waals surface area contributed by atoms with Crippen molar-refractivity contribution < 1.29 is 9.53 Å². The highest BCUT2D eigenvalue weighted by atomic mass is 16.5. The van der Waals surface area contributed by atoms with Gasteiger partial charge in [-0.3, -0.25) is 4.79 Å². The Hall–Kier alpha value is -1.55. The number of para-hydroxylation sites is 1. The third kappa shape index (κ3) is 2.48. The minimum atomic E-state index is 0.0233. The fraction of sp³-hybridized carbons (Fsp3) is 0.500. The first-order chi connectivity index (χ1) is 8.63. The maximum atomic E-state index is 12.4. The number of anilines is 1. The van der Waals surface area contributed by atoms with E-state index in [4.69, 9.17) is 10.5 Å². The number of hydrogen-bond acceptors (Lipinski definition) is 3. The van der Waals surface area contributed by atoms with Crippen LogP contribution in [0.25, 0.3) is 0 Å². The number of rotatable bonds is 2. The number of likely N-dealkylation sites (tertiary alicyclic amines) is 1. The fourth-order valence-electron chi connectivity index (χ4n) is 2.49. The van der Waals surface area contributed by atoms with Crippen molar-refractivity contribution in [2.45, 2.75) is 31.9 Å². The standard InChI is InChI=1S/C14H20N2O2/c1-10-9-11(18-2)7-8-16(10)14(17)12-5-3-4-6-13(12)15/h3-6,10-11H,7-9,15H2,1-2H3. The van der Waals surface area contributed by atoms with E-state index in [2.05, 4.69) is 6.92 Å². The van der Waals surface area contributed by atoms with Crippen molar-refractivity contribution in [3.63, 3.8) is 0 Å². The largest absolute Gasteiger partial charge is 0.398 e. The van der Waals surface area contributed by atoms with Crippen LogP contribution in [0, 0.1) is 0 Å². The molecule has 0 spiro atoms. The van der Waals surface area contributed by atoms with Crippen molar-refractivity contribution in [3.8, 4) is 0 Å². The summed E-state index contributed by atoms with van der Waals surface area (Å²) in [6, 6.07) is 7.42. The van der Waals surface area contributed by atoms with E-state index in [1.165, 1.54) is 0 Å². The van der Waals surface area contributed by atoms with Crippen LogP contribution in [-0.4, -0.2) is 36.6 Å². The van der Waals surface area contributed by atoms with Crippen LogP contribution in [0.15, 0.2) is 24.3 Å². The van der Waals surface area contributed by atoms with E-state index in [9.17, 15) is 4.79 Å². The normalized spacial score (nSPS) is 24.0. The highest BCUT2D eigenvalue weighted by molar-refractivity contribution is 5.99. The van der Waals surface area contributed by atoms with E-state index in [0.29, 0.717) is 11.3 Å². The number of carbonyl (C=O) groups excluding carboxylic acids is 1. The molecule has 1 fully saturated rings. The highest BCUT2D eigenvalue weighted by Gasteiger charge is 2.29. The molecule has 18 heavy (non-hydrogen) atoms. The number of amides is 1. The van der Waals surface area contributed by atoms with Gasteiger partial charge in [0.05, 0.1) is 11.7 Å². The minimum absolute atomic E-state index is 0.0233. The second-order valence-corrected chi connectivity index (χ2v) is 4.82. The summed E-state index contributed by atoms with van der Waals surface area (Å²) in [5.74, 6) is 0.0233. The predicted molar refractivity (Wildman–Crippen MR) is 71.4 cm³/mol. The molecule has 2 N–H and O–H groups in total. The summed E-state index contributed by atoms with van der Waals surface area (Å²) in [7, 11) is 1.73. The van der Waals surface area contributed by atoms with Crippen LogP contribution in [-0.2, 0) is 4.74 Å². The molecule has 1 heterocycles. The van der Waals surface area contributed by atoms with Gasteiger partial charge in [-0.25, -0.2) is 0 Å². The van der Waals surface area contributed by atoms with E-state index in [1.807, 2.05) is 17.0 Å². The molecule has 1 aromatic carbocycles. The Kier molecular flexibility index (Phi) is 3.87. The van der Waals surface area contributed by atoms with Crippen molar-refractivity contribution in [2.75, 3.05) is 19.4 Å². The van der Waals surface area contributed by atoms with Gasteiger partial charge < -0.3 is 15.4 Å². The predicted octanol–water partition coefficient (Wildman–Crippen LogP) is 1.91. The molecule has 4 heteroatoms. The summed E-state index contributed by atoms with van der Waals surface area (Å²) in [5.41, 5.74) is 7.00. The molecule has 1 amide bonds. The maximum absolute atomic E-state index is 12.4. The van der Waals surface area contributed by atoms with Gasteiger partial charge in [-0.1, -0.05) is 12.1 Å². The summed E-state index contributed by atoms with van der Waals surface area (Å²) >= 11 is 0.